The zero-order valence-electron chi connectivity index (χ0n) is 14.7. The van der Waals surface area contributed by atoms with Crippen molar-refractivity contribution in [2.75, 3.05) is 6.61 Å². The molecule has 0 radical (unpaired) electrons. The van der Waals surface area contributed by atoms with E-state index in [1.165, 1.54) is 0 Å². The molecule has 0 fully saturated rings. The molecule has 1 aliphatic rings. The van der Waals surface area contributed by atoms with Crippen molar-refractivity contribution in [1.82, 2.24) is 4.31 Å². The average molecular weight is 347 g/mol. The highest BCUT2D eigenvalue weighted by Crippen LogP contribution is 2.47. The molecular weight excluding hydrogens is 322 g/mol. The van der Waals surface area contributed by atoms with Gasteiger partial charge in [0.05, 0.1) is 29.9 Å². The molecule has 4 nitrogen and oxygen atoms in total. The van der Waals surface area contributed by atoms with Gasteiger partial charge in [-0.2, -0.15) is 0 Å². The first-order valence-corrected chi connectivity index (χ1v) is 9.30. The van der Waals surface area contributed by atoms with Crippen LogP contribution in [0.15, 0.2) is 24.3 Å². The second-order valence-corrected chi connectivity index (χ2v) is 8.94. The van der Waals surface area contributed by atoms with Gasteiger partial charge in [-0.25, -0.2) is 8.51 Å². The highest BCUT2D eigenvalue weighted by molar-refractivity contribution is 7.84. The SMILES string of the molecule is C#CC[C@H]1c2ccccc2[C@@H](CC(=O)OCC)N1[S@](=O)C(C)(C)C. The van der Waals surface area contributed by atoms with Crippen LogP contribution < -0.4 is 0 Å². The van der Waals surface area contributed by atoms with Gasteiger partial charge in [-0.15, -0.1) is 12.3 Å². The Morgan fingerprint density at radius 1 is 1.29 bits per heavy atom. The van der Waals surface area contributed by atoms with Gasteiger partial charge in [0, 0.05) is 6.42 Å². The molecule has 1 aromatic carbocycles. The maximum absolute atomic E-state index is 13.2. The molecule has 1 aliphatic heterocycles. The van der Waals surface area contributed by atoms with Crippen LogP contribution in [0.2, 0.25) is 0 Å². The monoisotopic (exact) mass is 347 g/mol. The summed E-state index contributed by atoms with van der Waals surface area (Å²) < 4.78 is 19.8. The number of carbonyl (C=O) groups excluding carboxylic acids is 1. The van der Waals surface area contributed by atoms with Gasteiger partial charge in [0.25, 0.3) is 0 Å². The van der Waals surface area contributed by atoms with E-state index in [0.717, 1.165) is 11.1 Å². The summed E-state index contributed by atoms with van der Waals surface area (Å²) in [6.45, 7) is 7.91. The van der Waals surface area contributed by atoms with Gasteiger partial charge in [-0.3, -0.25) is 4.79 Å². The first-order chi connectivity index (χ1) is 11.3. The molecule has 130 valence electrons. The lowest BCUT2D eigenvalue weighted by atomic mass is 9.99. The predicted octanol–water partition coefficient (Wildman–Crippen LogP) is 3.52. The number of fused-ring (bicyclic) bond motifs is 1. The van der Waals surface area contributed by atoms with E-state index in [2.05, 4.69) is 5.92 Å². The first-order valence-electron chi connectivity index (χ1n) is 8.19. The molecule has 0 N–H and O–H groups in total. The van der Waals surface area contributed by atoms with E-state index < -0.39 is 15.7 Å². The lowest BCUT2D eigenvalue weighted by Crippen LogP contribution is -2.39. The molecule has 0 aliphatic carbocycles. The molecule has 5 heteroatoms. The molecule has 0 amide bonds. The summed E-state index contributed by atoms with van der Waals surface area (Å²) in [7, 11) is -1.29. The number of rotatable bonds is 5. The molecule has 2 rings (SSSR count). The minimum absolute atomic E-state index is 0.148. The molecule has 0 bridgehead atoms. The fourth-order valence-corrected chi connectivity index (χ4v) is 4.52. The van der Waals surface area contributed by atoms with Crippen LogP contribution in [0.3, 0.4) is 0 Å². The summed E-state index contributed by atoms with van der Waals surface area (Å²) in [6, 6.07) is 7.46. The van der Waals surface area contributed by atoms with Crippen LogP contribution in [0.5, 0.6) is 0 Å². The topological polar surface area (TPSA) is 46.6 Å². The van der Waals surface area contributed by atoms with Crippen LogP contribution in [-0.4, -0.2) is 25.8 Å². The van der Waals surface area contributed by atoms with Crippen molar-refractivity contribution >= 4 is 17.0 Å². The number of hydrogen-bond donors (Lipinski definition) is 0. The normalized spacial score (nSPS) is 21.8. The third-order valence-corrected chi connectivity index (χ3v) is 5.96. The summed E-state index contributed by atoms with van der Waals surface area (Å²) in [6.07, 6.45) is 6.19. The van der Waals surface area contributed by atoms with Gasteiger partial charge in [0.1, 0.15) is 11.0 Å². The lowest BCUT2D eigenvalue weighted by molar-refractivity contribution is -0.144. The van der Waals surface area contributed by atoms with Crippen LogP contribution >= 0.6 is 0 Å². The maximum atomic E-state index is 13.2. The van der Waals surface area contributed by atoms with Gasteiger partial charge in [0.2, 0.25) is 0 Å². The zero-order valence-corrected chi connectivity index (χ0v) is 15.6. The molecular formula is C19H25NO3S. The highest BCUT2D eigenvalue weighted by Gasteiger charge is 2.44. The first kappa shape index (κ1) is 18.7. The van der Waals surface area contributed by atoms with Gasteiger partial charge in [-0.1, -0.05) is 24.3 Å². The summed E-state index contributed by atoms with van der Waals surface area (Å²) in [5.74, 6) is 2.41. The zero-order chi connectivity index (χ0) is 17.9. The number of benzene rings is 1. The van der Waals surface area contributed by atoms with Gasteiger partial charge in [-0.05, 0) is 38.8 Å². The number of nitrogens with zero attached hydrogens (tertiary/aromatic N) is 1. The summed E-state index contributed by atoms with van der Waals surface area (Å²) in [5, 5.41) is 0. The molecule has 0 aromatic heterocycles. The maximum Gasteiger partial charge on any atom is 0.307 e. The van der Waals surface area contributed by atoms with E-state index in [0.29, 0.717) is 13.0 Å². The number of terminal acetylenes is 1. The average Bonchev–Trinajstić information content (AvgIpc) is 2.80. The summed E-state index contributed by atoms with van der Waals surface area (Å²) in [4.78, 5) is 12.1. The molecule has 1 aromatic rings. The van der Waals surface area contributed by atoms with Crippen molar-refractivity contribution in [1.29, 1.82) is 0 Å². The van der Waals surface area contributed by atoms with Crippen molar-refractivity contribution in [3.8, 4) is 12.3 Å². The third kappa shape index (κ3) is 3.71. The Balaban J connectivity index is 2.48. The second-order valence-electron chi connectivity index (χ2n) is 6.80. The van der Waals surface area contributed by atoms with Crippen molar-refractivity contribution in [3.05, 3.63) is 35.4 Å². The van der Waals surface area contributed by atoms with Gasteiger partial charge >= 0.3 is 5.97 Å². The van der Waals surface area contributed by atoms with Crippen molar-refractivity contribution in [3.63, 3.8) is 0 Å². The van der Waals surface area contributed by atoms with Crippen LogP contribution in [-0.2, 0) is 20.5 Å². The summed E-state index contributed by atoms with van der Waals surface area (Å²) >= 11 is 0. The molecule has 3 atom stereocenters. The van der Waals surface area contributed by atoms with E-state index in [1.807, 2.05) is 49.3 Å². The highest BCUT2D eigenvalue weighted by atomic mass is 32.2. The van der Waals surface area contributed by atoms with E-state index >= 15 is 0 Å². The lowest BCUT2D eigenvalue weighted by Gasteiger charge is -2.33. The minimum Gasteiger partial charge on any atom is -0.466 e. The number of carbonyl (C=O) groups is 1. The Bertz CT molecular complexity index is 672. The quantitative estimate of drug-likeness (QED) is 0.605. The standard InChI is InChI=1S/C19H25NO3S/c1-6-10-16-14-11-8-9-12-15(14)17(13-18(21)23-7-2)20(16)24(22)19(3,4)5/h1,8-9,11-12,16-17H,7,10,13H2,2-5H3/t16-,17+,24+/m0/s1. The van der Waals surface area contributed by atoms with Crippen LogP contribution in [0, 0.1) is 12.3 Å². The Hall–Kier alpha value is -1.64. The Morgan fingerprint density at radius 2 is 1.88 bits per heavy atom. The van der Waals surface area contributed by atoms with Crippen LogP contribution in [0.1, 0.15) is 63.7 Å². The predicted molar refractivity (Wildman–Crippen MR) is 96.4 cm³/mol. The summed E-state index contributed by atoms with van der Waals surface area (Å²) in [5.41, 5.74) is 2.07. The van der Waals surface area contributed by atoms with Crippen molar-refractivity contribution < 1.29 is 13.7 Å². The molecule has 1 heterocycles. The molecule has 0 saturated carbocycles. The number of hydrogen-bond acceptors (Lipinski definition) is 3. The fraction of sp³-hybridized carbons (Fsp3) is 0.526. The van der Waals surface area contributed by atoms with E-state index in [1.54, 1.807) is 6.92 Å². The van der Waals surface area contributed by atoms with E-state index in [9.17, 15) is 9.00 Å². The molecule has 0 saturated heterocycles. The Morgan fingerprint density at radius 3 is 2.38 bits per heavy atom. The number of esters is 1. The van der Waals surface area contributed by atoms with Crippen molar-refractivity contribution in [2.45, 2.75) is 57.4 Å². The largest absolute Gasteiger partial charge is 0.466 e. The third-order valence-electron chi connectivity index (χ3n) is 4.02. The minimum atomic E-state index is -1.29. The van der Waals surface area contributed by atoms with Gasteiger partial charge < -0.3 is 4.74 Å². The van der Waals surface area contributed by atoms with E-state index in [4.69, 9.17) is 11.2 Å². The second kappa shape index (κ2) is 7.50. The van der Waals surface area contributed by atoms with Crippen LogP contribution in [0.4, 0.5) is 0 Å². The van der Waals surface area contributed by atoms with E-state index in [-0.39, 0.29) is 24.5 Å². The van der Waals surface area contributed by atoms with Crippen LogP contribution in [0.25, 0.3) is 0 Å². The molecule has 24 heavy (non-hydrogen) atoms. The molecule has 0 spiro atoms. The number of ether oxygens (including phenoxy) is 1. The van der Waals surface area contributed by atoms with Crippen molar-refractivity contribution in [2.24, 2.45) is 0 Å². The molecule has 0 unspecified atom stereocenters. The fourth-order valence-electron chi connectivity index (χ4n) is 3.05. The smallest absolute Gasteiger partial charge is 0.307 e. The Labute approximate surface area is 147 Å². The Kier molecular flexibility index (Phi) is 5.84. The van der Waals surface area contributed by atoms with Gasteiger partial charge in [0.15, 0.2) is 0 Å².